The number of benzene rings is 2. The lowest BCUT2D eigenvalue weighted by atomic mass is 10.0. The summed E-state index contributed by atoms with van der Waals surface area (Å²) in [5, 5.41) is 6.37. The minimum atomic E-state index is -0.553. The van der Waals surface area contributed by atoms with Crippen LogP contribution in [-0.4, -0.2) is 12.5 Å². The summed E-state index contributed by atoms with van der Waals surface area (Å²) in [6.45, 7) is 4.55. The molecular formula is C22H24N2O2. The van der Waals surface area contributed by atoms with Gasteiger partial charge >= 0.3 is 0 Å². The number of hydrogen-bond donors (Lipinski definition) is 2. The van der Waals surface area contributed by atoms with Crippen LogP contribution in [0.5, 0.6) is 0 Å². The van der Waals surface area contributed by atoms with Gasteiger partial charge in [0.25, 0.3) is 5.91 Å². The van der Waals surface area contributed by atoms with E-state index in [0.29, 0.717) is 12.2 Å². The molecule has 0 bridgehead atoms. The Morgan fingerprint density at radius 3 is 2.62 bits per heavy atom. The highest BCUT2D eigenvalue weighted by Crippen LogP contribution is 2.39. The van der Waals surface area contributed by atoms with E-state index in [0.717, 1.165) is 23.4 Å². The van der Waals surface area contributed by atoms with Gasteiger partial charge in [-0.05, 0) is 43.7 Å². The van der Waals surface area contributed by atoms with Gasteiger partial charge in [0.2, 0.25) is 0 Å². The minimum Gasteiger partial charge on any atom is -0.352 e. The van der Waals surface area contributed by atoms with E-state index in [4.69, 9.17) is 4.74 Å². The lowest BCUT2D eigenvalue weighted by molar-refractivity contribution is 0.0967. The van der Waals surface area contributed by atoms with E-state index in [9.17, 15) is 4.79 Å². The molecular weight excluding hydrogens is 324 g/mol. The second-order valence-corrected chi connectivity index (χ2v) is 6.21. The van der Waals surface area contributed by atoms with Crippen molar-refractivity contribution in [2.75, 3.05) is 11.9 Å². The summed E-state index contributed by atoms with van der Waals surface area (Å²) in [5.74, 6) is -0.125. The first-order chi connectivity index (χ1) is 12.7. The molecule has 134 valence electrons. The zero-order valence-corrected chi connectivity index (χ0v) is 15.2. The van der Waals surface area contributed by atoms with Crippen LogP contribution in [0.25, 0.3) is 0 Å². The summed E-state index contributed by atoms with van der Waals surface area (Å²) in [4.78, 5) is 12.6. The molecule has 0 aromatic heterocycles. The Kier molecular flexibility index (Phi) is 5.54. The van der Waals surface area contributed by atoms with Crippen molar-refractivity contribution in [3.8, 4) is 0 Å². The first-order valence-electron chi connectivity index (χ1n) is 8.89. The standard InChI is InChI=1S/C22H24N2O2/c1-3-9-19(10-4-2)23-21(25)17-11-8-12-18(15-17)22(16-26-22)24-20-13-6-5-7-14-20/h3,5-15,24H,4,16H2,1-2H3,(H,23,25). The molecule has 1 heterocycles. The largest absolute Gasteiger partial charge is 0.352 e. The van der Waals surface area contributed by atoms with Crippen molar-refractivity contribution in [3.05, 3.63) is 89.6 Å². The maximum absolute atomic E-state index is 12.6. The fourth-order valence-electron chi connectivity index (χ4n) is 2.81. The Hall–Kier alpha value is -2.85. The molecule has 1 atom stereocenters. The molecule has 3 rings (SSSR count). The van der Waals surface area contributed by atoms with Crippen LogP contribution < -0.4 is 10.6 Å². The number of para-hydroxylation sites is 1. The Labute approximate surface area is 154 Å². The fraction of sp³-hybridized carbons (Fsp3) is 0.227. The molecule has 0 aliphatic carbocycles. The number of carbonyl (C=O) groups excluding carboxylic acids is 1. The molecule has 2 aromatic rings. The van der Waals surface area contributed by atoms with Crippen LogP contribution in [0.4, 0.5) is 5.69 Å². The smallest absolute Gasteiger partial charge is 0.255 e. The second-order valence-electron chi connectivity index (χ2n) is 6.21. The van der Waals surface area contributed by atoms with E-state index in [1.54, 1.807) is 0 Å². The van der Waals surface area contributed by atoms with Gasteiger partial charge in [0, 0.05) is 22.5 Å². The Balaban J connectivity index is 1.78. The number of allylic oxidation sites excluding steroid dienone is 3. The van der Waals surface area contributed by atoms with Crippen molar-refractivity contribution < 1.29 is 9.53 Å². The predicted molar refractivity (Wildman–Crippen MR) is 105 cm³/mol. The van der Waals surface area contributed by atoms with Gasteiger partial charge in [-0.15, -0.1) is 0 Å². The number of carbonyl (C=O) groups is 1. The van der Waals surface area contributed by atoms with Crippen LogP contribution in [0.2, 0.25) is 0 Å². The lowest BCUT2D eigenvalue weighted by Gasteiger charge is -2.17. The van der Waals surface area contributed by atoms with Crippen molar-refractivity contribution in [2.45, 2.75) is 26.0 Å². The van der Waals surface area contributed by atoms with E-state index in [2.05, 4.69) is 10.6 Å². The number of amides is 1. The zero-order chi connectivity index (χ0) is 18.4. The van der Waals surface area contributed by atoms with Crippen LogP contribution in [0.3, 0.4) is 0 Å². The molecule has 26 heavy (non-hydrogen) atoms. The van der Waals surface area contributed by atoms with Gasteiger partial charge in [0.05, 0.1) is 0 Å². The van der Waals surface area contributed by atoms with Gasteiger partial charge in [0.15, 0.2) is 5.72 Å². The second kappa shape index (κ2) is 8.02. The highest BCUT2D eigenvalue weighted by Gasteiger charge is 2.47. The monoisotopic (exact) mass is 348 g/mol. The zero-order valence-electron chi connectivity index (χ0n) is 15.2. The van der Waals surface area contributed by atoms with Gasteiger partial charge in [0.1, 0.15) is 6.61 Å². The minimum absolute atomic E-state index is 0.125. The van der Waals surface area contributed by atoms with E-state index in [1.807, 2.05) is 86.7 Å². The van der Waals surface area contributed by atoms with Gasteiger partial charge in [-0.25, -0.2) is 0 Å². The molecule has 4 nitrogen and oxygen atoms in total. The molecule has 1 unspecified atom stereocenters. The van der Waals surface area contributed by atoms with Crippen molar-refractivity contribution >= 4 is 11.6 Å². The average molecular weight is 348 g/mol. The van der Waals surface area contributed by atoms with Gasteiger partial charge in [-0.3, -0.25) is 4.79 Å². The molecule has 2 aromatic carbocycles. The van der Waals surface area contributed by atoms with Crippen molar-refractivity contribution in [1.29, 1.82) is 0 Å². The van der Waals surface area contributed by atoms with Crippen LogP contribution in [0.1, 0.15) is 36.2 Å². The van der Waals surface area contributed by atoms with E-state index >= 15 is 0 Å². The summed E-state index contributed by atoms with van der Waals surface area (Å²) in [5.41, 5.74) is 2.80. The Morgan fingerprint density at radius 1 is 1.19 bits per heavy atom. The lowest BCUT2D eigenvalue weighted by Crippen LogP contribution is -2.24. The Bertz CT molecular complexity index is 821. The summed E-state index contributed by atoms with van der Waals surface area (Å²) < 4.78 is 5.71. The van der Waals surface area contributed by atoms with Crippen molar-refractivity contribution in [1.82, 2.24) is 5.32 Å². The van der Waals surface area contributed by atoms with Gasteiger partial charge in [-0.1, -0.05) is 49.4 Å². The maximum Gasteiger partial charge on any atom is 0.255 e. The van der Waals surface area contributed by atoms with Gasteiger partial charge in [-0.2, -0.15) is 0 Å². The number of rotatable bonds is 7. The van der Waals surface area contributed by atoms with Crippen molar-refractivity contribution in [2.24, 2.45) is 0 Å². The first-order valence-corrected chi connectivity index (χ1v) is 8.89. The highest BCUT2D eigenvalue weighted by atomic mass is 16.6. The molecule has 1 aliphatic heterocycles. The quantitative estimate of drug-likeness (QED) is 0.569. The van der Waals surface area contributed by atoms with Crippen LogP contribution in [0, 0.1) is 0 Å². The number of nitrogens with one attached hydrogen (secondary N) is 2. The molecule has 4 heteroatoms. The topological polar surface area (TPSA) is 53.7 Å². The van der Waals surface area contributed by atoms with Crippen LogP contribution >= 0.6 is 0 Å². The number of ether oxygens (including phenoxy) is 1. The molecule has 2 N–H and O–H groups in total. The fourth-order valence-corrected chi connectivity index (χ4v) is 2.81. The summed E-state index contributed by atoms with van der Waals surface area (Å²) in [6.07, 6.45) is 6.66. The Morgan fingerprint density at radius 2 is 1.96 bits per heavy atom. The SMILES string of the molecule is CC=CC(=CCC)NC(=O)c1cccc(C2(Nc3ccccc3)CO2)c1. The van der Waals surface area contributed by atoms with Gasteiger partial charge < -0.3 is 15.4 Å². The third-order valence-electron chi connectivity index (χ3n) is 4.17. The summed E-state index contributed by atoms with van der Waals surface area (Å²) in [7, 11) is 0. The number of anilines is 1. The van der Waals surface area contributed by atoms with Crippen LogP contribution in [-0.2, 0) is 10.5 Å². The molecule has 1 aliphatic rings. The predicted octanol–water partition coefficient (Wildman–Crippen LogP) is 4.58. The number of hydrogen-bond acceptors (Lipinski definition) is 3. The third kappa shape index (κ3) is 4.21. The highest BCUT2D eigenvalue weighted by molar-refractivity contribution is 5.95. The van der Waals surface area contributed by atoms with Crippen LogP contribution in [0.15, 0.2) is 78.5 Å². The van der Waals surface area contributed by atoms with Crippen molar-refractivity contribution in [3.63, 3.8) is 0 Å². The molecule has 0 spiro atoms. The molecule has 1 amide bonds. The van der Waals surface area contributed by atoms with E-state index in [1.165, 1.54) is 0 Å². The summed E-state index contributed by atoms with van der Waals surface area (Å²) >= 11 is 0. The van der Waals surface area contributed by atoms with E-state index < -0.39 is 5.72 Å². The third-order valence-corrected chi connectivity index (χ3v) is 4.17. The molecule has 0 radical (unpaired) electrons. The molecule has 0 saturated carbocycles. The summed E-state index contributed by atoms with van der Waals surface area (Å²) in [6, 6.07) is 17.5. The first kappa shape index (κ1) is 18.0. The maximum atomic E-state index is 12.6. The molecule has 1 saturated heterocycles. The normalized spacial score (nSPS) is 19.4. The number of epoxide rings is 1. The average Bonchev–Trinajstić information content (AvgIpc) is 3.44. The molecule has 1 fully saturated rings. The van der Waals surface area contributed by atoms with E-state index in [-0.39, 0.29) is 5.91 Å².